The maximum Gasteiger partial charge on any atom is 0.0726 e. The van der Waals surface area contributed by atoms with Gasteiger partial charge in [0.25, 0.3) is 0 Å². The second kappa shape index (κ2) is 12.2. The van der Waals surface area contributed by atoms with Crippen LogP contribution < -0.4 is 0 Å². The largest absolute Gasteiger partial charge is 0.264 e. The molecule has 1 spiro atoms. The van der Waals surface area contributed by atoms with E-state index in [1.807, 2.05) is 29.8 Å². The van der Waals surface area contributed by atoms with Crippen LogP contribution in [0, 0.1) is 6.92 Å². The van der Waals surface area contributed by atoms with Crippen LogP contribution in [0.3, 0.4) is 0 Å². The highest BCUT2D eigenvalue weighted by Gasteiger charge is 2.52. The molecule has 9 aromatic carbocycles. The van der Waals surface area contributed by atoms with Gasteiger partial charge in [0.1, 0.15) is 0 Å². The third-order valence-electron chi connectivity index (χ3n) is 13.3. The average molecular weight is 766 g/mol. The van der Waals surface area contributed by atoms with Crippen molar-refractivity contribution in [3.05, 3.63) is 222 Å². The van der Waals surface area contributed by atoms with Crippen LogP contribution in [0.1, 0.15) is 27.8 Å². The molecule has 0 radical (unpaired) electrons. The average Bonchev–Trinajstić information content (AvgIpc) is 3.93. The summed E-state index contributed by atoms with van der Waals surface area (Å²) in [5.74, 6) is 0. The zero-order valence-electron chi connectivity index (χ0n) is 32.3. The minimum atomic E-state index is -0.473. The number of benzene rings is 9. The molecular weight excluding hydrogens is 731 g/mol. The van der Waals surface area contributed by atoms with Crippen LogP contribution in [-0.4, -0.2) is 4.98 Å². The van der Waals surface area contributed by atoms with Crippen LogP contribution in [0.25, 0.3) is 97.4 Å². The quantitative estimate of drug-likeness (QED) is 0.163. The molecule has 2 heterocycles. The predicted octanol–water partition coefficient (Wildman–Crippen LogP) is 15.4. The smallest absolute Gasteiger partial charge is 0.0726 e. The van der Waals surface area contributed by atoms with E-state index in [4.69, 9.17) is 0 Å². The van der Waals surface area contributed by atoms with Gasteiger partial charge < -0.3 is 0 Å². The van der Waals surface area contributed by atoms with Crippen molar-refractivity contribution in [2.24, 2.45) is 0 Å². The van der Waals surface area contributed by atoms with Gasteiger partial charge >= 0.3 is 0 Å². The summed E-state index contributed by atoms with van der Waals surface area (Å²) in [6.07, 6.45) is 3.81. The first-order valence-electron chi connectivity index (χ1n) is 20.4. The molecule has 0 saturated carbocycles. The van der Waals surface area contributed by atoms with Gasteiger partial charge in [-0.25, -0.2) is 0 Å². The summed E-state index contributed by atoms with van der Waals surface area (Å²) in [5.41, 5.74) is 19.1. The number of nitrogens with zero attached hydrogens (tertiary/aromatic N) is 1. The normalized spacial score (nSPS) is 13.3. The predicted molar refractivity (Wildman–Crippen MR) is 249 cm³/mol. The van der Waals surface area contributed by atoms with E-state index in [1.54, 1.807) is 0 Å². The molecule has 2 aromatic heterocycles. The Kier molecular flexibility index (Phi) is 6.80. The number of pyridine rings is 1. The van der Waals surface area contributed by atoms with Gasteiger partial charge in [0.15, 0.2) is 0 Å². The van der Waals surface area contributed by atoms with Gasteiger partial charge in [0.05, 0.1) is 5.41 Å². The number of aryl methyl sites for hydroxylation is 1. The molecule has 0 amide bonds. The van der Waals surface area contributed by atoms with E-state index in [2.05, 4.69) is 188 Å². The van der Waals surface area contributed by atoms with Crippen LogP contribution in [-0.2, 0) is 5.41 Å². The number of aromatic nitrogens is 1. The van der Waals surface area contributed by atoms with Gasteiger partial charge in [-0.05, 0) is 119 Å². The van der Waals surface area contributed by atoms with Gasteiger partial charge in [0.2, 0.25) is 0 Å². The minimum absolute atomic E-state index is 0.473. The lowest BCUT2D eigenvalue weighted by atomic mass is 9.70. The second-order valence-corrected chi connectivity index (χ2v) is 17.2. The Morgan fingerprint density at radius 1 is 0.407 bits per heavy atom. The van der Waals surface area contributed by atoms with E-state index in [0.717, 1.165) is 5.56 Å². The molecule has 0 fully saturated rings. The van der Waals surface area contributed by atoms with Gasteiger partial charge in [-0.1, -0.05) is 164 Å². The third-order valence-corrected chi connectivity index (χ3v) is 14.4. The lowest BCUT2D eigenvalue weighted by molar-refractivity contribution is 0.794. The molecule has 59 heavy (non-hydrogen) atoms. The van der Waals surface area contributed by atoms with Crippen molar-refractivity contribution in [3.63, 3.8) is 0 Å². The molecule has 11 aromatic rings. The summed E-state index contributed by atoms with van der Waals surface area (Å²) in [4.78, 5) is 4.43. The maximum absolute atomic E-state index is 4.43. The van der Waals surface area contributed by atoms with Gasteiger partial charge in [-0.15, -0.1) is 11.3 Å². The fourth-order valence-corrected chi connectivity index (χ4v) is 12.3. The first kappa shape index (κ1) is 32.9. The molecule has 2 heteroatoms. The molecule has 2 aliphatic carbocycles. The summed E-state index contributed by atoms with van der Waals surface area (Å²) in [6.45, 7) is 2.32. The Labute approximate surface area is 346 Å². The zero-order chi connectivity index (χ0) is 38.8. The van der Waals surface area contributed by atoms with Crippen molar-refractivity contribution < 1.29 is 0 Å². The second-order valence-electron chi connectivity index (χ2n) is 16.2. The van der Waals surface area contributed by atoms with Crippen LogP contribution >= 0.6 is 11.3 Å². The van der Waals surface area contributed by atoms with Gasteiger partial charge in [0, 0.05) is 43.7 Å². The summed E-state index contributed by atoms with van der Waals surface area (Å²) < 4.78 is 2.68. The van der Waals surface area contributed by atoms with Crippen molar-refractivity contribution in [3.8, 4) is 55.6 Å². The van der Waals surface area contributed by atoms with E-state index in [0.29, 0.717) is 0 Å². The van der Waals surface area contributed by atoms with Crippen LogP contribution in [0.2, 0.25) is 0 Å². The lowest BCUT2D eigenvalue weighted by Gasteiger charge is -2.31. The standard InChI is InChI=1S/C57H35NS/c1-34-30-50-55(56-52(34)46-28-25-36(32-51(46)59-56)38-16-13-29-58-33-38)45-27-26-37(31-49(45)57(50)47-23-11-9-17-39(47)40-18-10-12-24-48(40)57)54-43-21-7-5-19-41(43)53(35-14-3-2-4-15-35)42-20-6-8-22-44(42)54/h2-33H,1H3. The molecular formula is C57H35NS. The van der Waals surface area contributed by atoms with E-state index < -0.39 is 5.41 Å². The Bertz CT molecular complexity index is 3460. The SMILES string of the molecule is Cc1cc2c(c3sc4cc(-c5cccnc5)ccc4c13)-c1ccc(-c3c4ccccc4c(-c4ccccc4)c4ccccc34)cc1C21c2ccccc2-c2ccccc21. The molecule has 0 aliphatic heterocycles. The summed E-state index contributed by atoms with van der Waals surface area (Å²) in [7, 11) is 0. The molecule has 0 saturated heterocycles. The number of thiophene rings is 1. The summed E-state index contributed by atoms with van der Waals surface area (Å²) in [6, 6.07) is 68.4. The van der Waals surface area contributed by atoms with Crippen molar-refractivity contribution in [1.29, 1.82) is 0 Å². The monoisotopic (exact) mass is 765 g/mol. The molecule has 13 rings (SSSR count). The molecule has 0 N–H and O–H groups in total. The van der Waals surface area contributed by atoms with E-state index in [1.165, 1.54) is 120 Å². The summed E-state index contributed by atoms with van der Waals surface area (Å²) >= 11 is 1.94. The van der Waals surface area contributed by atoms with Crippen molar-refractivity contribution >= 4 is 53.1 Å². The van der Waals surface area contributed by atoms with Crippen molar-refractivity contribution in [2.75, 3.05) is 0 Å². The van der Waals surface area contributed by atoms with Crippen LogP contribution in [0.4, 0.5) is 0 Å². The fourth-order valence-electron chi connectivity index (χ4n) is 11.0. The highest BCUT2D eigenvalue weighted by Crippen LogP contribution is 2.65. The molecule has 1 nitrogen and oxygen atoms in total. The zero-order valence-corrected chi connectivity index (χ0v) is 33.1. The number of hydrogen-bond acceptors (Lipinski definition) is 2. The summed E-state index contributed by atoms with van der Waals surface area (Å²) in [5, 5.41) is 7.77. The Morgan fingerprint density at radius 2 is 1.00 bits per heavy atom. The van der Waals surface area contributed by atoms with E-state index in [9.17, 15) is 0 Å². The van der Waals surface area contributed by atoms with Crippen LogP contribution in [0.15, 0.2) is 194 Å². The third kappa shape index (κ3) is 4.36. The molecule has 0 bridgehead atoms. The first-order valence-corrected chi connectivity index (χ1v) is 21.3. The highest BCUT2D eigenvalue weighted by molar-refractivity contribution is 7.26. The van der Waals surface area contributed by atoms with Gasteiger partial charge in [-0.3, -0.25) is 4.98 Å². The topological polar surface area (TPSA) is 12.9 Å². The fraction of sp³-hybridized carbons (Fsp3) is 0.0351. The van der Waals surface area contributed by atoms with Crippen LogP contribution in [0.5, 0.6) is 0 Å². The lowest BCUT2D eigenvalue weighted by Crippen LogP contribution is -2.26. The number of fused-ring (bicyclic) bond motifs is 16. The van der Waals surface area contributed by atoms with Crippen molar-refractivity contribution in [2.45, 2.75) is 12.3 Å². The Hall–Kier alpha value is -7.13. The Balaban J connectivity index is 1.15. The van der Waals surface area contributed by atoms with Gasteiger partial charge in [-0.2, -0.15) is 0 Å². The van der Waals surface area contributed by atoms with E-state index >= 15 is 0 Å². The van der Waals surface area contributed by atoms with Crippen molar-refractivity contribution in [1.82, 2.24) is 4.98 Å². The molecule has 0 unspecified atom stereocenters. The maximum atomic E-state index is 4.43. The molecule has 0 atom stereocenters. The number of hydrogen-bond donors (Lipinski definition) is 0. The molecule has 2 aliphatic rings. The van der Waals surface area contributed by atoms with E-state index in [-0.39, 0.29) is 0 Å². The highest BCUT2D eigenvalue weighted by atomic mass is 32.1. The first-order chi connectivity index (χ1) is 29.2. The number of rotatable bonds is 3. The molecule has 274 valence electrons. The Morgan fingerprint density at radius 3 is 1.66 bits per heavy atom. The minimum Gasteiger partial charge on any atom is -0.264 e.